The fourth-order valence-electron chi connectivity index (χ4n) is 2.78. The summed E-state index contributed by atoms with van der Waals surface area (Å²) in [6.45, 7) is 4.92. The molecule has 2 rings (SSSR count). The highest BCUT2D eigenvalue weighted by Gasteiger charge is 2.26. The van der Waals surface area contributed by atoms with E-state index < -0.39 is 24.5 Å². The number of ether oxygens (including phenoxy) is 1. The number of carbonyl (C=O) groups excluding carboxylic acids is 4. The molecular weight excluding hydrogens is 398 g/mol. The summed E-state index contributed by atoms with van der Waals surface area (Å²) in [6, 6.07) is 12.4. The first-order chi connectivity index (χ1) is 14.7. The summed E-state index contributed by atoms with van der Waals surface area (Å²) in [5.41, 5.74) is 2.28. The third-order valence-corrected chi connectivity index (χ3v) is 4.49. The molecule has 3 amide bonds. The number of carbonyl (C=O) groups is 4. The van der Waals surface area contributed by atoms with Gasteiger partial charge in [-0.15, -0.1) is 0 Å². The van der Waals surface area contributed by atoms with E-state index in [4.69, 9.17) is 4.74 Å². The van der Waals surface area contributed by atoms with Crippen LogP contribution in [0.15, 0.2) is 48.5 Å². The van der Waals surface area contributed by atoms with Crippen LogP contribution in [0.25, 0.3) is 0 Å². The molecule has 0 unspecified atom stereocenters. The lowest BCUT2D eigenvalue weighted by molar-refractivity contribution is -0.150. The molecule has 3 N–H and O–H groups in total. The Balaban J connectivity index is 1.91. The lowest BCUT2D eigenvalue weighted by atomic mass is 10.0. The molecule has 0 spiro atoms. The molecule has 0 aliphatic rings. The van der Waals surface area contributed by atoms with Crippen LogP contribution in [0.5, 0.6) is 0 Å². The monoisotopic (exact) mass is 425 g/mol. The van der Waals surface area contributed by atoms with Crippen LogP contribution in [0.2, 0.25) is 0 Å². The minimum absolute atomic E-state index is 0.235. The largest absolute Gasteiger partial charge is 0.454 e. The molecule has 0 saturated heterocycles. The molecule has 2 aromatic rings. The van der Waals surface area contributed by atoms with Crippen molar-refractivity contribution in [2.45, 2.75) is 26.8 Å². The van der Waals surface area contributed by atoms with Gasteiger partial charge in [0.1, 0.15) is 6.04 Å². The molecule has 0 aromatic heterocycles. The van der Waals surface area contributed by atoms with Gasteiger partial charge in [0.05, 0.1) is 0 Å². The standard InChI is InChI=1S/C23H27N3O5/c1-14(2)20(26-22(29)17-7-5-6-15(3)12-17)23(30)31-13-19(27)25-18-10-8-16(9-11-18)21(28)24-4/h5-12,14,20H,13H2,1-4H3,(H,24,28)(H,25,27)(H,26,29)/t20-/m0/s1. The molecule has 0 fully saturated rings. The van der Waals surface area contributed by atoms with E-state index in [0.717, 1.165) is 5.56 Å². The smallest absolute Gasteiger partial charge is 0.329 e. The van der Waals surface area contributed by atoms with Crippen LogP contribution in [0, 0.1) is 12.8 Å². The molecule has 0 bridgehead atoms. The highest BCUT2D eigenvalue weighted by Crippen LogP contribution is 2.11. The fourth-order valence-corrected chi connectivity index (χ4v) is 2.78. The quantitative estimate of drug-likeness (QED) is 0.562. The Bertz CT molecular complexity index is 954. The molecule has 164 valence electrons. The summed E-state index contributed by atoms with van der Waals surface area (Å²) < 4.78 is 5.11. The summed E-state index contributed by atoms with van der Waals surface area (Å²) in [6.07, 6.45) is 0. The molecule has 2 aromatic carbocycles. The van der Waals surface area contributed by atoms with E-state index in [2.05, 4.69) is 16.0 Å². The number of hydrogen-bond donors (Lipinski definition) is 3. The van der Waals surface area contributed by atoms with E-state index in [1.54, 1.807) is 56.3 Å². The van der Waals surface area contributed by atoms with Gasteiger partial charge in [-0.2, -0.15) is 0 Å². The number of rotatable bonds is 8. The molecule has 0 saturated carbocycles. The van der Waals surface area contributed by atoms with E-state index >= 15 is 0 Å². The zero-order chi connectivity index (χ0) is 23.0. The van der Waals surface area contributed by atoms with Crippen molar-refractivity contribution >= 4 is 29.4 Å². The van der Waals surface area contributed by atoms with Crippen LogP contribution in [0.4, 0.5) is 5.69 Å². The number of hydrogen-bond acceptors (Lipinski definition) is 5. The molecule has 0 heterocycles. The van der Waals surface area contributed by atoms with E-state index in [-0.39, 0.29) is 17.7 Å². The molecule has 1 atom stereocenters. The van der Waals surface area contributed by atoms with Crippen molar-refractivity contribution in [1.29, 1.82) is 0 Å². The Morgan fingerprint density at radius 3 is 2.19 bits per heavy atom. The maximum Gasteiger partial charge on any atom is 0.329 e. The van der Waals surface area contributed by atoms with Gasteiger partial charge >= 0.3 is 5.97 Å². The maximum absolute atomic E-state index is 12.5. The van der Waals surface area contributed by atoms with Gasteiger partial charge in [0, 0.05) is 23.9 Å². The summed E-state index contributed by atoms with van der Waals surface area (Å²) in [5, 5.41) is 7.77. The van der Waals surface area contributed by atoms with Crippen LogP contribution >= 0.6 is 0 Å². The first-order valence-electron chi connectivity index (χ1n) is 9.87. The molecular formula is C23H27N3O5. The topological polar surface area (TPSA) is 114 Å². The molecule has 0 radical (unpaired) electrons. The number of esters is 1. The first kappa shape index (κ1) is 23.6. The Hall–Kier alpha value is -3.68. The summed E-state index contributed by atoms with van der Waals surface area (Å²) in [5.74, 6) is -2.09. The number of anilines is 1. The number of amides is 3. The Morgan fingerprint density at radius 1 is 0.935 bits per heavy atom. The van der Waals surface area contributed by atoms with Crippen molar-refractivity contribution in [2.75, 3.05) is 19.0 Å². The highest BCUT2D eigenvalue weighted by atomic mass is 16.5. The highest BCUT2D eigenvalue weighted by molar-refractivity contribution is 5.98. The van der Waals surface area contributed by atoms with E-state index in [9.17, 15) is 19.2 Å². The van der Waals surface area contributed by atoms with Crippen LogP contribution in [0.3, 0.4) is 0 Å². The third-order valence-electron chi connectivity index (χ3n) is 4.49. The Labute approximate surface area is 181 Å². The molecule has 8 nitrogen and oxygen atoms in total. The SMILES string of the molecule is CNC(=O)c1ccc(NC(=O)COC(=O)[C@@H](NC(=O)c2cccc(C)c2)C(C)C)cc1. The second-order valence-corrected chi connectivity index (χ2v) is 7.38. The minimum Gasteiger partial charge on any atom is -0.454 e. The van der Waals surface area contributed by atoms with Crippen LogP contribution < -0.4 is 16.0 Å². The van der Waals surface area contributed by atoms with E-state index in [0.29, 0.717) is 16.8 Å². The fraction of sp³-hybridized carbons (Fsp3) is 0.304. The second-order valence-electron chi connectivity index (χ2n) is 7.38. The molecule has 8 heteroatoms. The molecule has 0 aliphatic carbocycles. The lowest BCUT2D eigenvalue weighted by Gasteiger charge is -2.21. The van der Waals surface area contributed by atoms with Crippen molar-refractivity contribution in [3.63, 3.8) is 0 Å². The van der Waals surface area contributed by atoms with Gasteiger partial charge in [-0.05, 0) is 49.2 Å². The number of benzene rings is 2. The van der Waals surface area contributed by atoms with Gasteiger partial charge in [-0.1, -0.05) is 31.5 Å². The summed E-state index contributed by atoms with van der Waals surface area (Å²) in [4.78, 5) is 48.6. The average Bonchev–Trinajstić information content (AvgIpc) is 2.75. The van der Waals surface area contributed by atoms with Gasteiger partial charge in [-0.25, -0.2) is 4.79 Å². The van der Waals surface area contributed by atoms with Crippen molar-refractivity contribution < 1.29 is 23.9 Å². The maximum atomic E-state index is 12.5. The molecule has 31 heavy (non-hydrogen) atoms. The van der Waals surface area contributed by atoms with Crippen molar-refractivity contribution in [3.8, 4) is 0 Å². The van der Waals surface area contributed by atoms with Crippen molar-refractivity contribution in [3.05, 3.63) is 65.2 Å². The van der Waals surface area contributed by atoms with E-state index in [1.807, 2.05) is 13.0 Å². The first-order valence-corrected chi connectivity index (χ1v) is 9.87. The number of aryl methyl sites for hydroxylation is 1. The van der Waals surface area contributed by atoms with Gasteiger partial charge in [0.25, 0.3) is 17.7 Å². The van der Waals surface area contributed by atoms with Crippen LogP contribution in [-0.4, -0.2) is 43.4 Å². The zero-order valence-corrected chi connectivity index (χ0v) is 18.0. The van der Waals surface area contributed by atoms with Gasteiger partial charge < -0.3 is 20.7 Å². The predicted octanol–water partition coefficient (Wildman–Crippen LogP) is 2.29. The summed E-state index contributed by atoms with van der Waals surface area (Å²) >= 11 is 0. The van der Waals surface area contributed by atoms with Gasteiger partial charge in [0.15, 0.2) is 6.61 Å². The lowest BCUT2D eigenvalue weighted by Crippen LogP contribution is -2.46. The minimum atomic E-state index is -0.896. The van der Waals surface area contributed by atoms with Crippen LogP contribution in [0.1, 0.15) is 40.1 Å². The normalized spacial score (nSPS) is 11.4. The average molecular weight is 425 g/mol. The Morgan fingerprint density at radius 2 is 1.61 bits per heavy atom. The Kier molecular flexibility index (Phi) is 8.31. The van der Waals surface area contributed by atoms with E-state index in [1.165, 1.54) is 7.05 Å². The van der Waals surface area contributed by atoms with Crippen LogP contribution in [-0.2, 0) is 14.3 Å². The second kappa shape index (κ2) is 10.9. The predicted molar refractivity (Wildman–Crippen MR) is 117 cm³/mol. The van der Waals surface area contributed by atoms with Crippen molar-refractivity contribution in [1.82, 2.24) is 10.6 Å². The van der Waals surface area contributed by atoms with Gasteiger partial charge in [0.2, 0.25) is 0 Å². The molecule has 0 aliphatic heterocycles. The summed E-state index contributed by atoms with van der Waals surface area (Å²) in [7, 11) is 1.53. The third kappa shape index (κ3) is 6.95. The van der Waals surface area contributed by atoms with Gasteiger partial charge in [-0.3, -0.25) is 14.4 Å². The van der Waals surface area contributed by atoms with Crippen molar-refractivity contribution in [2.24, 2.45) is 5.92 Å². The zero-order valence-electron chi connectivity index (χ0n) is 18.0. The number of nitrogens with one attached hydrogen (secondary N) is 3.